The lowest BCUT2D eigenvalue weighted by Gasteiger charge is -2.20. The van der Waals surface area contributed by atoms with Crippen LogP contribution in [0, 0.1) is 0 Å². The molecule has 0 spiro atoms. The fraction of sp³-hybridized carbons (Fsp3) is 0.417. The third-order valence-corrected chi connectivity index (χ3v) is 2.76. The van der Waals surface area contributed by atoms with Gasteiger partial charge in [-0.1, -0.05) is 0 Å². The molecule has 0 saturated carbocycles. The molecule has 0 amide bonds. The normalized spacial score (nSPS) is 12.9. The second-order valence-corrected chi connectivity index (χ2v) is 4.38. The molecule has 2 aromatic rings. The highest BCUT2D eigenvalue weighted by Crippen LogP contribution is 2.19. The van der Waals surface area contributed by atoms with Crippen LogP contribution in [-0.4, -0.2) is 24.6 Å². The molecule has 0 aliphatic heterocycles. The molecule has 5 heteroatoms. The zero-order valence-electron chi connectivity index (χ0n) is 10.1. The van der Waals surface area contributed by atoms with Gasteiger partial charge in [0.15, 0.2) is 5.58 Å². The van der Waals surface area contributed by atoms with E-state index in [4.69, 9.17) is 10.2 Å². The van der Waals surface area contributed by atoms with Gasteiger partial charge in [-0.3, -0.25) is 4.98 Å². The Bertz CT molecular complexity index is 556. The average Bonchev–Trinajstić information content (AvgIpc) is 2.64. The molecule has 92 valence electrons. The number of benzene rings is 1. The second-order valence-electron chi connectivity index (χ2n) is 4.38. The van der Waals surface area contributed by atoms with Crippen molar-refractivity contribution < 1.29 is 4.42 Å². The van der Waals surface area contributed by atoms with Gasteiger partial charge in [-0.25, -0.2) is 4.79 Å². The Morgan fingerprint density at radius 2 is 2.29 bits per heavy atom. The molecular formula is C12H17N3O2. The molecule has 0 aliphatic carbocycles. The number of nitrogens with one attached hydrogen (secondary N) is 1. The minimum Gasteiger partial charge on any atom is -0.408 e. The van der Waals surface area contributed by atoms with Crippen LogP contribution in [0.15, 0.2) is 27.4 Å². The van der Waals surface area contributed by atoms with Crippen LogP contribution in [0.3, 0.4) is 0 Å². The lowest BCUT2D eigenvalue weighted by molar-refractivity contribution is 0.555. The summed E-state index contributed by atoms with van der Waals surface area (Å²) in [5, 5.41) is 0. The first-order valence-electron chi connectivity index (χ1n) is 5.66. The number of aromatic nitrogens is 1. The largest absolute Gasteiger partial charge is 0.417 e. The van der Waals surface area contributed by atoms with Crippen LogP contribution in [0.25, 0.3) is 11.1 Å². The van der Waals surface area contributed by atoms with E-state index in [1.54, 1.807) is 6.07 Å². The SMILES string of the molecule is CC(N)CCN(C)c1ccc2oc(=O)[nH]c2c1. The molecule has 17 heavy (non-hydrogen) atoms. The van der Waals surface area contributed by atoms with E-state index in [1.807, 2.05) is 26.1 Å². The second kappa shape index (κ2) is 4.63. The van der Waals surface area contributed by atoms with Gasteiger partial charge >= 0.3 is 5.76 Å². The van der Waals surface area contributed by atoms with Gasteiger partial charge < -0.3 is 15.1 Å². The van der Waals surface area contributed by atoms with Crippen molar-refractivity contribution in [3.05, 3.63) is 28.7 Å². The first kappa shape index (κ1) is 11.7. The van der Waals surface area contributed by atoms with Gasteiger partial charge in [0.1, 0.15) is 0 Å². The van der Waals surface area contributed by atoms with Crippen LogP contribution in [0.5, 0.6) is 0 Å². The lowest BCUT2D eigenvalue weighted by Crippen LogP contribution is -2.25. The molecule has 0 radical (unpaired) electrons. The topological polar surface area (TPSA) is 75.3 Å². The zero-order chi connectivity index (χ0) is 12.4. The number of rotatable bonds is 4. The van der Waals surface area contributed by atoms with Gasteiger partial charge in [0, 0.05) is 25.3 Å². The molecule has 3 N–H and O–H groups in total. The lowest BCUT2D eigenvalue weighted by atomic mass is 10.2. The number of fused-ring (bicyclic) bond motifs is 1. The summed E-state index contributed by atoms with van der Waals surface area (Å²) in [6.07, 6.45) is 0.927. The molecule has 1 aromatic heterocycles. The maximum Gasteiger partial charge on any atom is 0.417 e. The molecule has 0 bridgehead atoms. The summed E-state index contributed by atoms with van der Waals surface area (Å²) in [6.45, 7) is 2.87. The van der Waals surface area contributed by atoms with E-state index in [-0.39, 0.29) is 6.04 Å². The van der Waals surface area contributed by atoms with E-state index < -0.39 is 5.76 Å². The van der Waals surface area contributed by atoms with E-state index >= 15 is 0 Å². The highest BCUT2D eigenvalue weighted by Gasteiger charge is 2.06. The first-order valence-corrected chi connectivity index (χ1v) is 5.66. The van der Waals surface area contributed by atoms with Crippen molar-refractivity contribution >= 4 is 16.8 Å². The summed E-state index contributed by atoms with van der Waals surface area (Å²) in [4.78, 5) is 15.8. The van der Waals surface area contributed by atoms with Crippen LogP contribution in [-0.2, 0) is 0 Å². The van der Waals surface area contributed by atoms with Crippen molar-refractivity contribution in [3.8, 4) is 0 Å². The van der Waals surface area contributed by atoms with E-state index in [0.717, 1.165) is 24.2 Å². The van der Waals surface area contributed by atoms with Crippen molar-refractivity contribution in [1.29, 1.82) is 0 Å². The van der Waals surface area contributed by atoms with E-state index in [1.165, 1.54) is 0 Å². The maximum atomic E-state index is 11.0. The Morgan fingerprint density at radius 3 is 3.00 bits per heavy atom. The summed E-state index contributed by atoms with van der Waals surface area (Å²) in [5.74, 6) is -0.421. The van der Waals surface area contributed by atoms with Gasteiger partial charge in [-0.2, -0.15) is 0 Å². The molecule has 1 atom stereocenters. The summed E-state index contributed by atoms with van der Waals surface area (Å²) in [6, 6.07) is 5.82. The van der Waals surface area contributed by atoms with Crippen molar-refractivity contribution in [1.82, 2.24) is 4.98 Å². The number of aromatic amines is 1. The molecular weight excluding hydrogens is 218 g/mol. The summed E-state index contributed by atoms with van der Waals surface area (Å²) in [7, 11) is 2.00. The predicted octanol–water partition coefficient (Wildman–Crippen LogP) is 1.29. The van der Waals surface area contributed by atoms with Crippen LogP contribution < -0.4 is 16.4 Å². The average molecular weight is 235 g/mol. The van der Waals surface area contributed by atoms with E-state index in [9.17, 15) is 4.79 Å². The molecule has 1 aromatic carbocycles. The zero-order valence-corrected chi connectivity index (χ0v) is 10.1. The Hall–Kier alpha value is -1.75. The summed E-state index contributed by atoms with van der Waals surface area (Å²) >= 11 is 0. The van der Waals surface area contributed by atoms with Crippen LogP contribution in [0.1, 0.15) is 13.3 Å². The Morgan fingerprint density at radius 1 is 1.53 bits per heavy atom. The summed E-state index contributed by atoms with van der Waals surface area (Å²) < 4.78 is 4.95. The monoisotopic (exact) mass is 235 g/mol. The number of nitrogens with zero attached hydrogens (tertiary/aromatic N) is 1. The third-order valence-electron chi connectivity index (χ3n) is 2.76. The van der Waals surface area contributed by atoms with Crippen LogP contribution in [0.2, 0.25) is 0 Å². The van der Waals surface area contributed by atoms with Crippen molar-refractivity contribution in [2.24, 2.45) is 5.73 Å². The van der Waals surface area contributed by atoms with Crippen LogP contribution >= 0.6 is 0 Å². The molecule has 1 heterocycles. The smallest absolute Gasteiger partial charge is 0.408 e. The number of nitrogens with two attached hydrogens (primary N) is 1. The van der Waals surface area contributed by atoms with Crippen molar-refractivity contribution in [2.75, 3.05) is 18.5 Å². The van der Waals surface area contributed by atoms with Gasteiger partial charge in [-0.05, 0) is 31.5 Å². The Kier molecular flexibility index (Phi) is 3.19. The number of hydrogen-bond donors (Lipinski definition) is 2. The molecule has 5 nitrogen and oxygen atoms in total. The van der Waals surface area contributed by atoms with Crippen LogP contribution in [0.4, 0.5) is 5.69 Å². The van der Waals surface area contributed by atoms with Crippen molar-refractivity contribution in [3.63, 3.8) is 0 Å². The fourth-order valence-corrected chi connectivity index (χ4v) is 1.70. The quantitative estimate of drug-likeness (QED) is 0.837. The highest BCUT2D eigenvalue weighted by atomic mass is 16.4. The maximum absolute atomic E-state index is 11.0. The number of oxazole rings is 1. The summed E-state index contributed by atoms with van der Waals surface area (Å²) in [5.41, 5.74) is 8.07. The predicted molar refractivity (Wildman–Crippen MR) is 68.4 cm³/mol. The van der Waals surface area contributed by atoms with Gasteiger partial charge in [0.2, 0.25) is 0 Å². The highest BCUT2D eigenvalue weighted by molar-refractivity contribution is 5.77. The number of H-pyrrole nitrogens is 1. The first-order chi connectivity index (χ1) is 8.06. The van der Waals surface area contributed by atoms with Gasteiger partial charge in [-0.15, -0.1) is 0 Å². The molecule has 2 rings (SSSR count). The molecule has 0 aliphatic rings. The van der Waals surface area contributed by atoms with E-state index in [0.29, 0.717) is 5.58 Å². The number of hydrogen-bond acceptors (Lipinski definition) is 4. The fourth-order valence-electron chi connectivity index (χ4n) is 1.70. The Balaban J connectivity index is 2.20. The minimum absolute atomic E-state index is 0.190. The van der Waals surface area contributed by atoms with Crippen molar-refractivity contribution in [2.45, 2.75) is 19.4 Å². The molecule has 0 fully saturated rings. The number of anilines is 1. The Labute approximate surface area is 99.2 Å². The van der Waals surface area contributed by atoms with Gasteiger partial charge in [0.25, 0.3) is 0 Å². The molecule has 1 unspecified atom stereocenters. The third kappa shape index (κ3) is 2.68. The minimum atomic E-state index is -0.421. The standard InChI is InChI=1S/C12H17N3O2/c1-8(13)5-6-15(2)9-3-4-11-10(7-9)14-12(16)17-11/h3-4,7-8H,5-6,13H2,1-2H3,(H,14,16). The van der Waals surface area contributed by atoms with E-state index in [2.05, 4.69) is 9.88 Å². The molecule has 0 saturated heterocycles. The van der Waals surface area contributed by atoms with Gasteiger partial charge in [0.05, 0.1) is 5.52 Å².